The Labute approximate surface area is 155 Å². The number of nitrogens with one attached hydrogen (secondary N) is 2. The van der Waals surface area contributed by atoms with Gasteiger partial charge in [-0.05, 0) is 48.0 Å². The van der Waals surface area contributed by atoms with Crippen LogP contribution >= 0.6 is 23.2 Å². The zero-order valence-electron chi connectivity index (χ0n) is 13.2. The second kappa shape index (κ2) is 8.01. The Morgan fingerprint density at radius 1 is 0.920 bits per heavy atom. The Morgan fingerprint density at radius 2 is 1.72 bits per heavy atom. The average Bonchev–Trinajstić information content (AvgIpc) is 2.62. The molecule has 0 bridgehead atoms. The van der Waals surface area contributed by atoms with E-state index in [0.717, 1.165) is 11.3 Å². The van der Waals surface area contributed by atoms with Gasteiger partial charge in [0.1, 0.15) is 5.69 Å². The third kappa shape index (κ3) is 4.95. The zero-order valence-corrected chi connectivity index (χ0v) is 14.7. The second-order valence-electron chi connectivity index (χ2n) is 5.38. The van der Waals surface area contributed by atoms with Gasteiger partial charge < -0.3 is 10.6 Å². The molecule has 1 aromatic heterocycles. The molecule has 4 nitrogen and oxygen atoms in total. The summed E-state index contributed by atoms with van der Waals surface area (Å²) in [6.45, 7) is 0.646. The molecule has 0 radical (unpaired) electrons. The van der Waals surface area contributed by atoms with E-state index >= 15 is 0 Å². The van der Waals surface area contributed by atoms with Gasteiger partial charge in [-0.15, -0.1) is 0 Å². The summed E-state index contributed by atoms with van der Waals surface area (Å²) in [6, 6.07) is 18.1. The van der Waals surface area contributed by atoms with Crippen LogP contribution in [0.25, 0.3) is 0 Å². The summed E-state index contributed by atoms with van der Waals surface area (Å²) in [6.07, 6.45) is 1.63. The Kier molecular flexibility index (Phi) is 5.53. The minimum absolute atomic E-state index is 0.286. The van der Waals surface area contributed by atoms with Gasteiger partial charge >= 0.3 is 0 Å². The molecule has 1 heterocycles. The number of pyridine rings is 1. The van der Waals surface area contributed by atoms with E-state index in [9.17, 15) is 4.79 Å². The number of nitrogens with zero attached hydrogens (tertiary/aromatic N) is 1. The highest BCUT2D eigenvalue weighted by atomic mass is 35.5. The van der Waals surface area contributed by atoms with Crippen LogP contribution in [0.2, 0.25) is 10.0 Å². The lowest BCUT2D eigenvalue weighted by atomic mass is 10.2. The molecular formula is C19H15Cl2N3O. The SMILES string of the molecule is O=C(Nc1cccc(Cl)c1)c1ccc(NCc2ccc(Cl)cc2)cn1. The lowest BCUT2D eigenvalue weighted by Gasteiger charge is -2.08. The maximum atomic E-state index is 12.2. The number of anilines is 2. The van der Waals surface area contributed by atoms with Crippen molar-refractivity contribution in [1.29, 1.82) is 0 Å². The first-order chi connectivity index (χ1) is 12.1. The summed E-state index contributed by atoms with van der Waals surface area (Å²) in [7, 11) is 0. The maximum absolute atomic E-state index is 12.2. The molecule has 3 rings (SSSR count). The number of rotatable bonds is 5. The van der Waals surface area contributed by atoms with E-state index in [1.807, 2.05) is 30.3 Å². The van der Waals surface area contributed by atoms with E-state index in [0.29, 0.717) is 28.0 Å². The van der Waals surface area contributed by atoms with Crippen molar-refractivity contribution in [1.82, 2.24) is 4.98 Å². The molecule has 0 saturated carbocycles. The van der Waals surface area contributed by atoms with Crippen LogP contribution in [0.3, 0.4) is 0 Å². The van der Waals surface area contributed by atoms with Crippen molar-refractivity contribution < 1.29 is 4.79 Å². The minimum atomic E-state index is -0.286. The molecule has 2 N–H and O–H groups in total. The van der Waals surface area contributed by atoms with Crippen LogP contribution < -0.4 is 10.6 Å². The largest absolute Gasteiger partial charge is 0.380 e. The minimum Gasteiger partial charge on any atom is -0.380 e. The van der Waals surface area contributed by atoms with Crippen LogP contribution in [0.5, 0.6) is 0 Å². The van der Waals surface area contributed by atoms with Gasteiger partial charge in [-0.25, -0.2) is 4.98 Å². The fourth-order valence-corrected chi connectivity index (χ4v) is 2.52. The predicted octanol–water partition coefficient (Wildman–Crippen LogP) is 5.25. The van der Waals surface area contributed by atoms with Crippen LogP contribution in [0.4, 0.5) is 11.4 Å². The summed E-state index contributed by atoms with van der Waals surface area (Å²) >= 11 is 11.8. The van der Waals surface area contributed by atoms with Gasteiger partial charge in [0.25, 0.3) is 5.91 Å². The molecule has 0 fully saturated rings. The van der Waals surface area contributed by atoms with Crippen LogP contribution in [-0.2, 0) is 6.54 Å². The number of carbonyl (C=O) groups is 1. The molecule has 0 spiro atoms. The molecule has 0 aliphatic rings. The lowest BCUT2D eigenvalue weighted by molar-refractivity contribution is 0.102. The second-order valence-corrected chi connectivity index (χ2v) is 6.25. The van der Waals surface area contributed by atoms with Gasteiger partial charge in [0.2, 0.25) is 0 Å². The van der Waals surface area contributed by atoms with Gasteiger partial charge in [0.05, 0.1) is 11.9 Å². The van der Waals surface area contributed by atoms with E-state index in [4.69, 9.17) is 23.2 Å². The zero-order chi connectivity index (χ0) is 17.6. The number of amides is 1. The third-order valence-electron chi connectivity index (χ3n) is 3.49. The van der Waals surface area contributed by atoms with Crippen molar-refractivity contribution >= 4 is 40.5 Å². The first-order valence-corrected chi connectivity index (χ1v) is 8.37. The smallest absolute Gasteiger partial charge is 0.274 e. The van der Waals surface area contributed by atoms with E-state index < -0.39 is 0 Å². The van der Waals surface area contributed by atoms with Gasteiger partial charge in [0, 0.05) is 22.3 Å². The molecule has 126 valence electrons. The summed E-state index contributed by atoms with van der Waals surface area (Å²) < 4.78 is 0. The van der Waals surface area contributed by atoms with Gasteiger partial charge in [-0.2, -0.15) is 0 Å². The highest BCUT2D eigenvalue weighted by molar-refractivity contribution is 6.31. The Bertz CT molecular complexity index is 865. The van der Waals surface area contributed by atoms with Gasteiger partial charge in [-0.3, -0.25) is 4.79 Å². The fourth-order valence-electron chi connectivity index (χ4n) is 2.20. The summed E-state index contributed by atoms with van der Waals surface area (Å²) in [5, 5.41) is 7.28. The average molecular weight is 372 g/mol. The topological polar surface area (TPSA) is 54.0 Å². The van der Waals surface area contributed by atoms with Crippen molar-refractivity contribution in [2.75, 3.05) is 10.6 Å². The standard InChI is InChI=1S/C19H15Cl2N3O/c20-14-6-4-13(5-7-14)11-22-17-8-9-18(23-12-17)19(25)24-16-3-1-2-15(21)10-16/h1-10,12,22H,11H2,(H,24,25). The number of hydrogen-bond donors (Lipinski definition) is 2. The van der Waals surface area contributed by atoms with Crippen molar-refractivity contribution in [3.05, 3.63) is 88.2 Å². The first kappa shape index (κ1) is 17.3. The van der Waals surface area contributed by atoms with Gasteiger partial charge in [0.15, 0.2) is 0 Å². The number of aromatic nitrogens is 1. The number of carbonyl (C=O) groups excluding carboxylic acids is 1. The maximum Gasteiger partial charge on any atom is 0.274 e. The van der Waals surface area contributed by atoms with Crippen molar-refractivity contribution in [3.8, 4) is 0 Å². The summed E-state index contributed by atoms with van der Waals surface area (Å²) in [4.78, 5) is 16.4. The number of hydrogen-bond acceptors (Lipinski definition) is 3. The Balaban J connectivity index is 1.59. The van der Waals surface area contributed by atoms with Crippen molar-refractivity contribution in [2.45, 2.75) is 6.54 Å². The molecule has 1 amide bonds. The number of halogens is 2. The van der Waals surface area contributed by atoms with Crippen molar-refractivity contribution in [3.63, 3.8) is 0 Å². The van der Waals surface area contributed by atoms with Crippen LogP contribution in [0.1, 0.15) is 16.1 Å². The quantitative estimate of drug-likeness (QED) is 0.643. The lowest BCUT2D eigenvalue weighted by Crippen LogP contribution is -2.13. The Hall–Kier alpha value is -2.56. The first-order valence-electron chi connectivity index (χ1n) is 7.61. The summed E-state index contributed by atoms with van der Waals surface area (Å²) in [5.41, 5.74) is 2.89. The summed E-state index contributed by atoms with van der Waals surface area (Å²) in [5.74, 6) is -0.286. The molecule has 0 aliphatic heterocycles. The van der Waals surface area contributed by atoms with E-state index in [2.05, 4.69) is 15.6 Å². The molecule has 0 atom stereocenters. The van der Waals surface area contributed by atoms with Crippen LogP contribution in [-0.4, -0.2) is 10.9 Å². The van der Waals surface area contributed by atoms with Crippen molar-refractivity contribution in [2.24, 2.45) is 0 Å². The third-order valence-corrected chi connectivity index (χ3v) is 3.98. The van der Waals surface area contributed by atoms with Crippen LogP contribution in [0.15, 0.2) is 66.9 Å². The molecule has 3 aromatic rings. The van der Waals surface area contributed by atoms with E-state index in [1.54, 1.807) is 36.5 Å². The van der Waals surface area contributed by atoms with E-state index in [1.165, 1.54) is 0 Å². The molecule has 6 heteroatoms. The highest BCUT2D eigenvalue weighted by Gasteiger charge is 2.08. The normalized spacial score (nSPS) is 10.3. The van der Waals surface area contributed by atoms with Gasteiger partial charge in [-0.1, -0.05) is 41.4 Å². The van der Waals surface area contributed by atoms with E-state index in [-0.39, 0.29) is 5.91 Å². The van der Waals surface area contributed by atoms with Crippen LogP contribution in [0, 0.1) is 0 Å². The molecule has 0 unspecified atom stereocenters. The molecule has 2 aromatic carbocycles. The number of benzene rings is 2. The highest BCUT2D eigenvalue weighted by Crippen LogP contribution is 2.16. The molecule has 0 aliphatic carbocycles. The predicted molar refractivity (Wildman–Crippen MR) is 102 cm³/mol. The molecule has 25 heavy (non-hydrogen) atoms. The fraction of sp³-hybridized carbons (Fsp3) is 0.0526. The molecular weight excluding hydrogens is 357 g/mol. The Morgan fingerprint density at radius 3 is 2.40 bits per heavy atom. The monoisotopic (exact) mass is 371 g/mol. The molecule has 0 saturated heterocycles.